The first kappa shape index (κ1) is 15.2. The zero-order valence-electron chi connectivity index (χ0n) is 12.6. The number of aryl methyl sites for hydroxylation is 1. The van der Waals surface area contributed by atoms with Crippen molar-refractivity contribution in [1.29, 1.82) is 0 Å². The number of thiazole rings is 1. The van der Waals surface area contributed by atoms with Crippen LogP contribution in [0.1, 0.15) is 48.7 Å². The van der Waals surface area contributed by atoms with Crippen molar-refractivity contribution in [1.82, 2.24) is 10.3 Å². The van der Waals surface area contributed by atoms with Gasteiger partial charge in [0.05, 0.1) is 6.04 Å². The van der Waals surface area contributed by atoms with Crippen molar-refractivity contribution in [2.75, 3.05) is 0 Å². The third-order valence-electron chi connectivity index (χ3n) is 3.59. The summed E-state index contributed by atoms with van der Waals surface area (Å²) in [7, 11) is 0. The van der Waals surface area contributed by atoms with E-state index in [0.29, 0.717) is 12.1 Å². The van der Waals surface area contributed by atoms with Crippen LogP contribution in [0.25, 0.3) is 0 Å². The van der Waals surface area contributed by atoms with Crippen molar-refractivity contribution in [3.8, 4) is 0 Å². The molecule has 0 bridgehead atoms. The number of benzene rings is 1. The van der Waals surface area contributed by atoms with E-state index in [2.05, 4.69) is 61.4 Å². The lowest BCUT2D eigenvalue weighted by atomic mass is 10.0. The third kappa shape index (κ3) is 4.15. The lowest BCUT2D eigenvalue weighted by Gasteiger charge is -2.21. The maximum Gasteiger partial charge on any atom is 0.109 e. The van der Waals surface area contributed by atoms with Crippen LogP contribution in [0.3, 0.4) is 0 Å². The molecule has 0 fully saturated rings. The Kier molecular flexibility index (Phi) is 5.74. The normalized spacial score (nSPS) is 14.2. The molecule has 0 aliphatic carbocycles. The van der Waals surface area contributed by atoms with Crippen LogP contribution < -0.4 is 5.32 Å². The van der Waals surface area contributed by atoms with Crippen LogP contribution in [-0.2, 0) is 12.8 Å². The predicted molar refractivity (Wildman–Crippen MR) is 87.3 cm³/mol. The summed E-state index contributed by atoms with van der Waals surface area (Å²) >= 11 is 1.83. The molecule has 2 nitrogen and oxygen atoms in total. The molecule has 3 heteroatoms. The summed E-state index contributed by atoms with van der Waals surface area (Å²) in [4.78, 5) is 5.90. The van der Waals surface area contributed by atoms with Crippen LogP contribution in [0.5, 0.6) is 0 Å². The minimum absolute atomic E-state index is 0.328. The van der Waals surface area contributed by atoms with Crippen LogP contribution in [0.2, 0.25) is 0 Å². The van der Waals surface area contributed by atoms with Gasteiger partial charge in [0.2, 0.25) is 0 Å². The summed E-state index contributed by atoms with van der Waals surface area (Å²) < 4.78 is 0. The second-order valence-corrected chi connectivity index (χ2v) is 6.35. The van der Waals surface area contributed by atoms with E-state index in [4.69, 9.17) is 0 Å². The van der Waals surface area contributed by atoms with Gasteiger partial charge in [-0.1, -0.05) is 44.2 Å². The molecule has 1 N–H and O–H groups in total. The summed E-state index contributed by atoms with van der Waals surface area (Å²) in [5.41, 5.74) is 1.40. The molecule has 2 unspecified atom stereocenters. The molecule has 2 rings (SSSR count). The van der Waals surface area contributed by atoms with Gasteiger partial charge in [-0.3, -0.25) is 0 Å². The molecule has 0 aliphatic rings. The highest BCUT2D eigenvalue weighted by Crippen LogP contribution is 2.21. The topological polar surface area (TPSA) is 24.9 Å². The Labute approximate surface area is 126 Å². The summed E-state index contributed by atoms with van der Waals surface area (Å²) in [5.74, 6) is 0. The molecule has 0 saturated carbocycles. The van der Waals surface area contributed by atoms with E-state index in [1.165, 1.54) is 15.4 Å². The number of aromatic nitrogens is 1. The highest BCUT2D eigenvalue weighted by Gasteiger charge is 2.15. The van der Waals surface area contributed by atoms with Gasteiger partial charge < -0.3 is 5.32 Å². The van der Waals surface area contributed by atoms with Crippen molar-refractivity contribution in [3.05, 3.63) is 52.0 Å². The van der Waals surface area contributed by atoms with Crippen molar-refractivity contribution in [2.24, 2.45) is 0 Å². The Balaban J connectivity index is 1.95. The predicted octanol–water partition coefficient (Wildman–Crippen LogP) is 4.38. The lowest BCUT2D eigenvalue weighted by molar-refractivity contribution is 0.439. The first-order chi connectivity index (χ1) is 9.72. The standard InChI is InChI=1S/C17H24N2S/c1-4-15(11-14-9-7-6-8-10-14)19-13(3)17-18-12-16(5-2)20-17/h6-10,12-13,15,19H,4-5,11H2,1-3H3. The third-order valence-corrected chi connectivity index (χ3v) is 4.92. The van der Waals surface area contributed by atoms with Gasteiger partial charge >= 0.3 is 0 Å². The molecule has 1 aromatic carbocycles. The fourth-order valence-electron chi connectivity index (χ4n) is 2.33. The van der Waals surface area contributed by atoms with E-state index in [9.17, 15) is 0 Å². The Morgan fingerprint density at radius 2 is 1.95 bits per heavy atom. The summed E-state index contributed by atoms with van der Waals surface area (Å²) in [6, 6.07) is 11.5. The molecule has 1 aromatic heterocycles. The average Bonchev–Trinajstić information content (AvgIpc) is 2.96. The van der Waals surface area contributed by atoms with Crippen molar-refractivity contribution >= 4 is 11.3 Å². The number of nitrogens with one attached hydrogen (secondary N) is 1. The van der Waals surface area contributed by atoms with Crippen molar-refractivity contribution in [2.45, 2.75) is 52.1 Å². The van der Waals surface area contributed by atoms with E-state index < -0.39 is 0 Å². The smallest absolute Gasteiger partial charge is 0.109 e. The van der Waals surface area contributed by atoms with Gasteiger partial charge in [0.25, 0.3) is 0 Å². The van der Waals surface area contributed by atoms with Crippen LogP contribution >= 0.6 is 11.3 Å². The second-order valence-electron chi connectivity index (χ2n) is 5.20. The van der Waals surface area contributed by atoms with Crippen LogP contribution in [-0.4, -0.2) is 11.0 Å². The van der Waals surface area contributed by atoms with E-state index in [0.717, 1.165) is 19.3 Å². The van der Waals surface area contributed by atoms with Gasteiger partial charge in [0.1, 0.15) is 5.01 Å². The largest absolute Gasteiger partial charge is 0.305 e. The van der Waals surface area contributed by atoms with Crippen LogP contribution in [0, 0.1) is 0 Å². The van der Waals surface area contributed by atoms with Crippen molar-refractivity contribution in [3.63, 3.8) is 0 Å². The maximum absolute atomic E-state index is 4.54. The molecule has 20 heavy (non-hydrogen) atoms. The Bertz CT molecular complexity index is 507. The molecule has 0 radical (unpaired) electrons. The molecular formula is C17H24N2S. The van der Waals surface area contributed by atoms with Crippen LogP contribution in [0.4, 0.5) is 0 Å². The van der Waals surface area contributed by atoms with Gasteiger partial charge in [-0.2, -0.15) is 0 Å². The zero-order chi connectivity index (χ0) is 14.4. The van der Waals surface area contributed by atoms with Crippen LogP contribution in [0.15, 0.2) is 36.5 Å². The summed E-state index contributed by atoms with van der Waals surface area (Å²) in [6.07, 6.45) is 5.29. The maximum atomic E-state index is 4.54. The number of hydrogen-bond donors (Lipinski definition) is 1. The van der Waals surface area contributed by atoms with E-state index in [-0.39, 0.29) is 0 Å². The quantitative estimate of drug-likeness (QED) is 0.818. The number of nitrogens with zero attached hydrogens (tertiary/aromatic N) is 1. The summed E-state index contributed by atoms with van der Waals surface area (Å²) in [6.45, 7) is 6.64. The van der Waals surface area contributed by atoms with Gasteiger partial charge in [-0.15, -0.1) is 11.3 Å². The Morgan fingerprint density at radius 3 is 2.55 bits per heavy atom. The highest BCUT2D eigenvalue weighted by molar-refractivity contribution is 7.11. The molecule has 0 spiro atoms. The minimum Gasteiger partial charge on any atom is -0.305 e. The molecule has 1 heterocycles. The monoisotopic (exact) mass is 288 g/mol. The fourth-order valence-corrected chi connectivity index (χ4v) is 3.20. The molecule has 0 saturated heterocycles. The van der Waals surface area contributed by atoms with Gasteiger partial charge in [-0.25, -0.2) is 4.98 Å². The SMILES string of the molecule is CCc1cnc(C(C)NC(CC)Cc2ccccc2)s1. The van der Waals surface area contributed by atoms with E-state index in [1.807, 2.05) is 17.5 Å². The number of hydrogen-bond acceptors (Lipinski definition) is 3. The molecule has 2 atom stereocenters. The zero-order valence-corrected chi connectivity index (χ0v) is 13.4. The number of rotatable bonds is 7. The lowest BCUT2D eigenvalue weighted by Crippen LogP contribution is -2.32. The van der Waals surface area contributed by atoms with Gasteiger partial charge in [0, 0.05) is 17.1 Å². The van der Waals surface area contributed by atoms with Crippen molar-refractivity contribution < 1.29 is 0 Å². The molecule has 0 aliphatic heterocycles. The van der Waals surface area contributed by atoms with E-state index in [1.54, 1.807) is 0 Å². The Hall–Kier alpha value is -1.19. The molecular weight excluding hydrogens is 264 g/mol. The summed E-state index contributed by atoms with van der Waals surface area (Å²) in [5, 5.41) is 4.92. The van der Waals surface area contributed by atoms with Gasteiger partial charge in [0.15, 0.2) is 0 Å². The van der Waals surface area contributed by atoms with E-state index >= 15 is 0 Å². The molecule has 0 amide bonds. The molecule has 2 aromatic rings. The average molecular weight is 288 g/mol. The minimum atomic E-state index is 0.328. The first-order valence-corrected chi connectivity index (χ1v) is 8.29. The first-order valence-electron chi connectivity index (χ1n) is 7.47. The Morgan fingerprint density at radius 1 is 1.20 bits per heavy atom. The second kappa shape index (κ2) is 7.55. The fraction of sp³-hybridized carbons (Fsp3) is 0.471. The molecule has 108 valence electrons. The highest BCUT2D eigenvalue weighted by atomic mass is 32.1. The van der Waals surface area contributed by atoms with Gasteiger partial charge in [-0.05, 0) is 31.7 Å².